The number of nitro groups is 1. The topological polar surface area (TPSA) is 99.6 Å². The Morgan fingerprint density at radius 3 is 2.57 bits per heavy atom. The Hall–Kier alpha value is -2.85. The van der Waals surface area contributed by atoms with Gasteiger partial charge in [0.2, 0.25) is 5.16 Å². The number of aromatic nitrogens is 5. The number of non-ortho nitro benzene ring substituents is 1. The normalized spacial score (nSPS) is 11.8. The van der Waals surface area contributed by atoms with Gasteiger partial charge < -0.3 is 0 Å². The Morgan fingerprint density at radius 2 is 1.89 bits per heavy atom. The Kier molecular flexibility index (Phi) is 4.60. The summed E-state index contributed by atoms with van der Waals surface area (Å²) in [6, 6.07) is 12.8. The molecule has 0 atom stereocenters. The summed E-state index contributed by atoms with van der Waals surface area (Å²) in [7, 11) is 0. The van der Waals surface area contributed by atoms with E-state index in [-0.39, 0.29) is 11.1 Å². The molecule has 0 saturated heterocycles. The van der Waals surface area contributed by atoms with Crippen LogP contribution < -0.4 is 0 Å². The van der Waals surface area contributed by atoms with Gasteiger partial charge in [-0.1, -0.05) is 32.9 Å². The predicted octanol–water partition coefficient (Wildman–Crippen LogP) is 4.63. The van der Waals surface area contributed by atoms with Crippen molar-refractivity contribution in [1.82, 2.24) is 25.2 Å². The second-order valence-electron chi connectivity index (χ2n) is 7.16. The molecule has 0 aliphatic rings. The molecule has 2 aromatic carbocycles. The van der Waals surface area contributed by atoms with Crippen LogP contribution in [0.25, 0.3) is 15.9 Å². The molecule has 0 N–H and O–H groups in total. The summed E-state index contributed by atoms with van der Waals surface area (Å²) in [6.07, 6.45) is 0. The van der Waals surface area contributed by atoms with Crippen LogP contribution in [0.5, 0.6) is 0 Å². The third-order valence-corrected chi connectivity index (χ3v) is 6.18. The molecule has 0 unspecified atom stereocenters. The van der Waals surface area contributed by atoms with Gasteiger partial charge in [-0.3, -0.25) is 10.1 Å². The monoisotopic (exact) mass is 412 g/mol. The lowest BCUT2D eigenvalue weighted by molar-refractivity contribution is -0.384. The highest BCUT2D eigenvalue weighted by atomic mass is 32.2. The Balaban J connectivity index is 1.63. The van der Waals surface area contributed by atoms with Gasteiger partial charge in [-0.05, 0) is 51.4 Å². The number of nitro benzene ring substituents is 1. The highest BCUT2D eigenvalue weighted by molar-refractivity contribution is 8.01. The fourth-order valence-corrected chi connectivity index (χ4v) is 4.63. The van der Waals surface area contributed by atoms with E-state index in [1.807, 2.05) is 12.1 Å². The summed E-state index contributed by atoms with van der Waals surface area (Å²) in [4.78, 5) is 15.1. The molecule has 4 rings (SSSR count). The zero-order valence-corrected chi connectivity index (χ0v) is 17.0. The van der Waals surface area contributed by atoms with Gasteiger partial charge in [0.05, 0.1) is 20.8 Å². The first-order valence-electron chi connectivity index (χ1n) is 8.43. The zero-order valence-electron chi connectivity index (χ0n) is 15.4. The van der Waals surface area contributed by atoms with Gasteiger partial charge in [0, 0.05) is 12.1 Å². The largest absolute Gasteiger partial charge is 0.270 e. The van der Waals surface area contributed by atoms with Crippen LogP contribution in [0.2, 0.25) is 0 Å². The first kappa shape index (κ1) is 18.5. The van der Waals surface area contributed by atoms with Gasteiger partial charge in [-0.25, -0.2) is 4.98 Å². The van der Waals surface area contributed by atoms with Crippen LogP contribution in [0, 0.1) is 10.1 Å². The third-order valence-electron chi connectivity index (χ3n) is 4.16. The SMILES string of the molecule is CC(C)(C)c1ccc(-n2nnnc2Sc2nc3ccc([N+](=O)[O-])cc3s2)cc1. The summed E-state index contributed by atoms with van der Waals surface area (Å²) in [5.74, 6) is 0. The number of benzene rings is 2. The van der Waals surface area contributed by atoms with Crippen LogP contribution in [0.15, 0.2) is 52.0 Å². The number of rotatable bonds is 4. The summed E-state index contributed by atoms with van der Waals surface area (Å²) in [6.45, 7) is 6.49. The van der Waals surface area contributed by atoms with Gasteiger partial charge in [-0.15, -0.1) is 16.4 Å². The highest BCUT2D eigenvalue weighted by Gasteiger charge is 2.17. The van der Waals surface area contributed by atoms with E-state index in [1.165, 1.54) is 40.8 Å². The minimum atomic E-state index is -0.409. The number of tetrazole rings is 1. The molecule has 2 heterocycles. The molecule has 142 valence electrons. The zero-order chi connectivity index (χ0) is 19.9. The van der Waals surface area contributed by atoms with Crippen molar-refractivity contribution in [2.24, 2.45) is 0 Å². The lowest BCUT2D eigenvalue weighted by Crippen LogP contribution is -2.11. The van der Waals surface area contributed by atoms with Crippen LogP contribution in [0.3, 0.4) is 0 Å². The Morgan fingerprint density at radius 1 is 1.14 bits per heavy atom. The maximum atomic E-state index is 10.9. The molecule has 0 amide bonds. The van der Waals surface area contributed by atoms with Crippen LogP contribution in [0.4, 0.5) is 5.69 Å². The van der Waals surface area contributed by atoms with E-state index in [1.54, 1.807) is 10.7 Å². The van der Waals surface area contributed by atoms with Crippen molar-refractivity contribution in [3.63, 3.8) is 0 Å². The molecule has 0 aliphatic heterocycles. The molecule has 28 heavy (non-hydrogen) atoms. The molecule has 0 bridgehead atoms. The van der Waals surface area contributed by atoms with E-state index in [4.69, 9.17) is 0 Å². The summed E-state index contributed by atoms with van der Waals surface area (Å²) < 4.78 is 3.13. The first-order valence-corrected chi connectivity index (χ1v) is 10.1. The van der Waals surface area contributed by atoms with Crippen molar-refractivity contribution < 1.29 is 4.92 Å². The van der Waals surface area contributed by atoms with E-state index in [9.17, 15) is 10.1 Å². The lowest BCUT2D eigenvalue weighted by atomic mass is 9.87. The standard InChI is InChI=1S/C18H16N6O2S2/c1-18(2,3)11-4-6-12(7-5-11)23-16(20-21-22-23)28-17-19-14-9-8-13(24(25)26)10-15(14)27-17/h4-10H,1-3H3. The van der Waals surface area contributed by atoms with E-state index in [0.29, 0.717) is 10.7 Å². The fraction of sp³-hybridized carbons (Fsp3) is 0.222. The quantitative estimate of drug-likeness (QED) is 0.356. The van der Waals surface area contributed by atoms with E-state index >= 15 is 0 Å². The van der Waals surface area contributed by atoms with Gasteiger partial charge in [-0.2, -0.15) is 4.68 Å². The molecule has 8 nitrogen and oxygen atoms in total. The van der Waals surface area contributed by atoms with Crippen molar-refractivity contribution in [1.29, 1.82) is 0 Å². The van der Waals surface area contributed by atoms with E-state index < -0.39 is 4.92 Å². The molecule has 0 spiro atoms. The van der Waals surface area contributed by atoms with Crippen LogP contribution in [-0.2, 0) is 5.41 Å². The third kappa shape index (κ3) is 3.60. The predicted molar refractivity (Wildman–Crippen MR) is 108 cm³/mol. The molecule has 2 aromatic heterocycles. The lowest BCUT2D eigenvalue weighted by Gasteiger charge is -2.19. The number of hydrogen-bond donors (Lipinski definition) is 0. The molecule has 0 fully saturated rings. The minimum absolute atomic E-state index is 0.0523. The van der Waals surface area contributed by atoms with Crippen molar-refractivity contribution in [3.05, 3.63) is 58.1 Å². The van der Waals surface area contributed by atoms with Crippen LogP contribution >= 0.6 is 23.1 Å². The second-order valence-corrected chi connectivity index (χ2v) is 9.41. The Labute approximate surface area is 168 Å². The van der Waals surface area contributed by atoms with Crippen molar-refractivity contribution in [2.45, 2.75) is 35.7 Å². The van der Waals surface area contributed by atoms with E-state index in [2.05, 4.69) is 53.4 Å². The molecule has 0 aliphatic carbocycles. The summed E-state index contributed by atoms with van der Waals surface area (Å²) in [5, 5.41) is 23.5. The van der Waals surface area contributed by atoms with Crippen LogP contribution in [-0.4, -0.2) is 30.1 Å². The maximum Gasteiger partial charge on any atom is 0.270 e. The molecular weight excluding hydrogens is 396 g/mol. The highest BCUT2D eigenvalue weighted by Crippen LogP contribution is 2.35. The molecule has 10 heteroatoms. The number of fused-ring (bicyclic) bond motifs is 1. The molecule has 4 aromatic rings. The van der Waals surface area contributed by atoms with Gasteiger partial charge in [0.15, 0.2) is 4.34 Å². The number of thiazole rings is 1. The van der Waals surface area contributed by atoms with Crippen molar-refractivity contribution in [3.8, 4) is 5.69 Å². The summed E-state index contributed by atoms with van der Waals surface area (Å²) >= 11 is 2.71. The number of nitrogens with zero attached hydrogens (tertiary/aromatic N) is 6. The van der Waals surface area contributed by atoms with Gasteiger partial charge >= 0.3 is 0 Å². The Bertz CT molecular complexity index is 1160. The maximum absolute atomic E-state index is 10.9. The second kappa shape index (κ2) is 6.95. The number of hydrogen-bond acceptors (Lipinski definition) is 8. The minimum Gasteiger partial charge on any atom is -0.258 e. The first-order chi connectivity index (χ1) is 13.3. The average molecular weight is 413 g/mol. The van der Waals surface area contributed by atoms with Gasteiger partial charge in [0.1, 0.15) is 0 Å². The fourth-order valence-electron chi connectivity index (χ4n) is 2.63. The molecule has 0 saturated carbocycles. The van der Waals surface area contributed by atoms with Crippen molar-refractivity contribution in [2.75, 3.05) is 0 Å². The average Bonchev–Trinajstić information content (AvgIpc) is 3.26. The van der Waals surface area contributed by atoms with Crippen molar-refractivity contribution >= 4 is 39.0 Å². The smallest absolute Gasteiger partial charge is 0.258 e. The van der Waals surface area contributed by atoms with Crippen LogP contribution in [0.1, 0.15) is 26.3 Å². The molecule has 0 radical (unpaired) electrons. The molecular formula is C18H16N6O2S2. The van der Waals surface area contributed by atoms with Gasteiger partial charge in [0.25, 0.3) is 5.69 Å². The summed E-state index contributed by atoms with van der Waals surface area (Å²) in [5.41, 5.74) is 2.92. The van der Waals surface area contributed by atoms with E-state index in [0.717, 1.165) is 14.7 Å².